The third-order valence-electron chi connectivity index (χ3n) is 2.74. The van der Waals surface area contributed by atoms with E-state index in [0.29, 0.717) is 22.8 Å². The summed E-state index contributed by atoms with van der Waals surface area (Å²) in [5.74, 6) is -0.903. The van der Waals surface area contributed by atoms with Crippen molar-refractivity contribution in [1.29, 1.82) is 0 Å². The van der Waals surface area contributed by atoms with E-state index in [0.717, 1.165) is 13.0 Å². The average molecular weight is 253 g/mol. The monoisotopic (exact) mass is 252 g/mol. The lowest BCUT2D eigenvalue weighted by molar-refractivity contribution is -0.114. The van der Waals surface area contributed by atoms with Crippen LogP contribution in [0.5, 0.6) is 0 Å². The number of carbonyl (C=O) groups is 2. The van der Waals surface area contributed by atoms with Gasteiger partial charge in [0.2, 0.25) is 0 Å². The van der Waals surface area contributed by atoms with Crippen molar-refractivity contribution in [3.8, 4) is 0 Å². The highest BCUT2D eigenvalue weighted by Gasteiger charge is 2.35. The van der Waals surface area contributed by atoms with Crippen LogP contribution in [-0.2, 0) is 4.79 Å². The zero-order valence-corrected chi connectivity index (χ0v) is 10.3. The predicted molar refractivity (Wildman–Crippen MR) is 66.7 cm³/mol. The highest BCUT2D eigenvalue weighted by atomic mass is 35.5. The van der Waals surface area contributed by atoms with Gasteiger partial charge in [0.05, 0.1) is 11.3 Å². The summed E-state index contributed by atoms with van der Waals surface area (Å²) in [5, 5.41) is 3.54. The van der Waals surface area contributed by atoms with E-state index in [9.17, 15) is 9.59 Å². The molecule has 0 unspecified atom stereocenters. The number of fused-ring (bicyclic) bond motifs is 1. The second kappa shape index (κ2) is 4.85. The number of rotatable bonds is 4. The van der Waals surface area contributed by atoms with Gasteiger partial charge in [-0.05, 0) is 38.2 Å². The molecule has 1 aromatic carbocycles. The van der Waals surface area contributed by atoms with Crippen molar-refractivity contribution in [2.45, 2.75) is 6.42 Å². The number of nitrogens with one attached hydrogen (secondary N) is 1. The number of hydrogen-bond donors (Lipinski definition) is 1. The summed E-state index contributed by atoms with van der Waals surface area (Å²) in [4.78, 5) is 25.0. The van der Waals surface area contributed by atoms with Crippen LogP contribution in [0, 0.1) is 0 Å². The highest BCUT2D eigenvalue weighted by Crippen LogP contribution is 2.31. The molecule has 1 aliphatic rings. The van der Waals surface area contributed by atoms with Gasteiger partial charge in [0.1, 0.15) is 0 Å². The van der Waals surface area contributed by atoms with Crippen LogP contribution in [0.1, 0.15) is 16.8 Å². The van der Waals surface area contributed by atoms with Crippen molar-refractivity contribution < 1.29 is 9.59 Å². The van der Waals surface area contributed by atoms with E-state index in [1.807, 2.05) is 7.05 Å². The first-order valence-corrected chi connectivity index (χ1v) is 5.83. The SMILES string of the molecule is CNCCCN1C(=O)C(=O)c2ccc(Cl)cc21. The summed E-state index contributed by atoms with van der Waals surface area (Å²) < 4.78 is 0. The molecule has 1 aromatic rings. The van der Waals surface area contributed by atoms with E-state index in [4.69, 9.17) is 11.6 Å². The topological polar surface area (TPSA) is 49.4 Å². The van der Waals surface area contributed by atoms with E-state index in [1.165, 1.54) is 4.90 Å². The molecule has 0 spiro atoms. The molecule has 2 rings (SSSR count). The van der Waals surface area contributed by atoms with Crippen LogP contribution in [-0.4, -0.2) is 31.8 Å². The van der Waals surface area contributed by atoms with E-state index < -0.39 is 11.7 Å². The summed E-state index contributed by atoms with van der Waals surface area (Å²) in [6.45, 7) is 1.33. The Morgan fingerprint density at radius 2 is 2.12 bits per heavy atom. The molecule has 17 heavy (non-hydrogen) atoms. The third kappa shape index (κ3) is 2.18. The fourth-order valence-corrected chi connectivity index (χ4v) is 2.07. The molecule has 1 amide bonds. The minimum Gasteiger partial charge on any atom is -0.320 e. The second-order valence-electron chi connectivity index (χ2n) is 3.90. The number of hydrogen-bond acceptors (Lipinski definition) is 3. The zero-order valence-electron chi connectivity index (χ0n) is 9.50. The number of ketones is 1. The number of benzene rings is 1. The van der Waals surface area contributed by atoms with E-state index in [2.05, 4.69) is 5.32 Å². The van der Waals surface area contributed by atoms with Gasteiger partial charge in [0.25, 0.3) is 11.7 Å². The van der Waals surface area contributed by atoms with Gasteiger partial charge in [0, 0.05) is 11.6 Å². The van der Waals surface area contributed by atoms with Crippen molar-refractivity contribution >= 4 is 29.0 Å². The van der Waals surface area contributed by atoms with Crippen LogP contribution in [0.15, 0.2) is 18.2 Å². The van der Waals surface area contributed by atoms with Gasteiger partial charge in [-0.15, -0.1) is 0 Å². The van der Waals surface area contributed by atoms with Gasteiger partial charge in [-0.1, -0.05) is 11.6 Å². The zero-order chi connectivity index (χ0) is 12.4. The van der Waals surface area contributed by atoms with Crippen molar-refractivity contribution in [2.75, 3.05) is 25.0 Å². The minimum absolute atomic E-state index is 0.443. The Morgan fingerprint density at radius 1 is 1.35 bits per heavy atom. The van der Waals surface area contributed by atoms with Crippen molar-refractivity contribution in [3.63, 3.8) is 0 Å². The molecule has 0 saturated heterocycles. The summed E-state index contributed by atoms with van der Waals surface area (Å²) in [5.41, 5.74) is 1.08. The number of halogens is 1. The molecule has 90 valence electrons. The molecule has 0 aliphatic carbocycles. The number of carbonyl (C=O) groups excluding carboxylic acids is 2. The molecule has 4 nitrogen and oxygen atoms in total. The molecule has 5 heteroatoms. The molecule has 0 atom stereocenters. The van der Waals surface area contributed by atoms with Crippen LogP contribution in [0.2, 0.25) is 5.02 Å². The van der Waals surface area contributed by atoms with E-state index in [1.54, 1.807) is 18.2 Å². The number of anilines is 1. The van der Waals surface area contributed by atoms with E-state index in [-0.39, 0.29) is 0 Å². The molecule has 0 saturated carbocycles. The standard InChI is InChI=1S/C12H13ClN2O2/c1-14-5-2-6-15-10-7-8(13)3-4-9(10)11(16)12(15)17/h3-4,7,14H,2,5-6H2,1H3. The van der Waals surface area contributed by atoms with Crippen LogP contribution in [0.4, 0.5) is 5.69 Å². The Bertz CT molecular complexity index is 474. The van der Waals surface area contributed by atoms with Crippen molar-refractivity contribution in [1.82, 2.24) is 5.32 Å². The first-order valence-electron chi connectivity index (χ1n) is 5.45. The lowest BCUT2D eigenvalue weighted by Crippen LogP contribution is -2.32. The molecule has 0 bridgehead atoms. The van der Waals surface area contributed by atoms with Gasteiger partial charge < -0.3 is 10.2 Å². The summed E-state index contributed by atoms with van der Waals surface area (Å²) >= 11 is 5.88. The maximum Gasteiger partial charge on any atom is 0.299 e. The Hall–Kier alpha value is -1.39. The Kier molecular flexibility index (Phi) is 3.45. The van der Waals surface area contributed by atoms with Crippen molar-refractivity contribution in [3.05, 3.63) is 28.8 Å². The maximum absolute atomic E-state index is 11.8. The average Bonchev–Trinajstić information content (AvgIpc) is 2.54. The van der Waals surface area contributed by atoms with Gasteiger partial charge in [0.15, 0.2) is 0 Å². The second-order valence-corrected chi connectivity index (χ2v) is 4.34. The van der Waals surface area contributed by atoms with Crippen LogP contribution in [0.25, 0.3) is 0 Å². The van der Waals surface area contributed by atoms with Gasteiger partial charge in [-0.25, -0.2) is 0 Å². The van der Waals surface area contributed by atoms with Gasteiger partial charge in [-0.2, -0.15) is 0 Å². The third-order valence-corrected chi connectivity index (χ3v) is 2.98. The smallest absolute Gasteiger partial charge is 0.299 e. The fraction of sp³-hybridized carbons (Fsp3) is 0.333. The Labute approximate surface area is 105 Å². The quantitative estimate of drug-likeness (QED) is 0.652. The first kappa shape index (κ1) is 12.1. The van der Waals surface area contributed by atoms with E-state index >= 15 is 0 Å². The lowest BCUT2D eigenvalue weighted by atomic mass is 10.1. The highest BCUT2D eigenvalue weighted by molar-refractivity contribution is 6.52. The molecule has 0 fully saturated rings. The van der Waals surface area contributed by atoms with Gasteiger partial charge in [-0.3, -0.25) is 9.59 Å². The molecular weight excluding hydrogens is 240 g/mol. The lowest BCUT2D eigenvalue weighted by Gasteiger charge is -2.16. The van der Waals surface area contributed by atoms with Crippen LogP contribution < -0.4 is 10.2 Å². The number of Topliss-reactive ketones (excluding diaryl/α,β-unsaturated/α-hetero) is 1. The molecule has 0 radical (unpaired) electrons. The molecule has 1 aliphatic heterocycles. The maximum atomic E-state index is 11.8. The minimum atomic E-state index is -0.460. The summed E-state index contributed by atoms with van der Waals surface area (Å²) in [6.07, 6.45) is 0.793. The molecule has 1 N–H and O–H groups in total. The first-order chi connectivity index (χ1) is 8.15. The molecule has 0 aromatic heterocycles. The normalized spacial score (nSPS) is 14.4. The largest absolute Gasteiger partial charge is 0.320 e. The summed E-state index contributed by atoms with van der Waals surface area (Å²) in [7, 11) is 1.85. The molecule has 1 heterocycles. The fourth-order valence-electron chi connectivity index (χ4n) is 1.90. The Morgan fingerprint density at radius 3 is 2.82 bits per heavy atom. The summed E-state index contributed by atoms with van der Waals surface area (Å²) in [6, 6.07) is 4.90. The Balaban J connectivity index is 2.26. The van der Waals surface area contributed by atoms with Crippen molar-refractivity contribution in [2.24, 2.45) is 0 Å². The number of amides is 1. The predicted octanol–water partition coefficient (Wildman–Crippen LogP) is 1.48. The van der Waals surface area contributed by atoms with Gasteiger partial charge >= 0.3 is 0 Å². The van der Waals surface area contributed by atoms with Crippen LogP contribution in [0.3, 0.4) is 0 Å². The molecular formula is C12H13ClN2O2. The van der Waals surface area contributed by atoms with Crippen LogP contribution >= 0.6 is 11.6 Å². The number of nitrogens with zero attached hydrogens (tertiary/aromatic N) is 1.